The standard InChI is InChI=1S/C22H23N5OS/c28-29(20-4-2-1-3-5-20)27-10-6-17(7-11-27)16-26-9-8-18-12-21(23-15-22(18)26)19-13-24-25-14-19/h1-5,8-9,12-15,17H,6-7,10-11,16H2,(H,24,25). The van der Waals surface area contributed by atoms with Gasteiger partial charge in [0.05, 0.1) is 28.5 Å². The lowest BCUT2D eigenvalue weighted by molar-refractivity contribution is 0.262. The van der Waals surface area contributed by atoms with E-state index < -0.39 is 11.0 Å². The fraction of sp³-hybridized carbons (Fsp3) is 0.273. The third-order valence-corrected chi connectivity index (χ3v) is 7.17. The van der Waals surface area contributed by atoms with Crippen LogP contribution in [0.1, 0.15) is 12.8 Å². The maximum Gasteiger partial charge on any atom is 0.127 e. The quantitative estimate of drug-likeness (QED) is 0.548. The fourth-order valence-electron chi connectivity index (χ4n) is 4.02. The summed E-state index contributed by atoms with van der Waals surface area (Å²) in [7, 11) is -1.05. The van der Waals surface area contributed by atoms with Crippen molar-refractivity contribution in [1.29, 1.82) is 0 Å². The first-order chi connectivity index (χ1) is 14.3. The van der Waals surface area contributed by atoms with Gasteiger partial charge in [0.15, 0.2) is 0 Å². The van der Waals surface area contributed by atoms with E-state index in [0.717, 1.165) is 54.1 Å². The van der Waals surface area contributed by atoms with Crippen molar-refractivity contribution in [3.8, 4) is 11.3 Å². The third kappa shape index (κ3) is 3.75. The summed E-state index contributed by atoms with van der Waals surface area (Å²) in [4.78, 5) is 5.51. The highest BCUT2D eigenvalue weighted by atomic mass is 32.2. The molecule has 7 heteroatoms. The Morgan fingerprint density at radius 1 is 1.10 bits per heavy atom. The number of fused-ring (bicyclic) bond motifs is 1. The molecule has 0 bridgehead atoms. The average molecular weight is 406 g/mol. The third-order valence-electron chi connectivity index (χ3n) is 5.66. The summed E-state index contributed by atoms with van der Waals surface area (Å²) < 4.78 is 17.1. The van der Waals surface area contributed by atoms with E-state index in [1.807, 2.05) is 42.7 Å². The van der Waals surface area contributed by atoms with Gasteiger partial charge in [-0.25, -0.2) is 8.51 Å². The molecule has 1 aliphatic rings. The van der Waals surface area contributed by atoms with Crippen molar-refractivity contribution < 1.29 is 4.21 Å². The molecular formula is C22H23N5OS. The number of pyridine rings is 1. The zero-order valence-electron chi connectivity index (χ0n) is 16.1. The molecule has 0 amide bonds. The molecule has 1 saturated heterocycles. The van der Waals surface area contributed by atoms with E-state index in [9.17, 15) is 4.21 Å². The largest absolute Gasteiger partial charge is 0.346 e. The molecule has 4 aromatic rings. The van der Waals surface area contributed by atoms with Crippen LogP contribution >= 0.6 is 0 Å². The van der Waals surface area contributed by atoms with Gasteiger partial charge in [0.1, 0.15) is 11.0 Å². The normalized spacial score (nSPS) is 17.0. The average Bonchev–Trinajstić information content (AvgIpc) is 3.45. The highest BCUT2D eigenvalue weighted by molar-refractivity contribution is 7.82. The number of hydrogen-bond acceptors (Lipinski definition) is 3. The molecular weight excluding hydrogens is 382 g/mol. The lowest BCUT2D eigenvalue weighted by Crippen LogP contribution is -2.36. The number of piperidine rings is 1. The second-order valence-corrected chi connectivity index (χ2v) is 9.00. The summed E-state index contributed by atoms with van der Waals surface area (Å²) in [6.07, 6.45) is 9.87. The van der Waals surface area contributed by atoms with Crippen LogP contribution in [0, 0.1) is 5.92 Å². The van der Waals surface area contributed by atoms with Crippen LogP contribution in [0.15, 0.2) is 72.1 Å². The molecule has 0 radical (unpaired) electrons. The molecule has 29 heavy (non-hydrogen) atoms. The monoisotopic (exact) mass is 405 g/mol. The van der Waals surface area contributed by atoms with E-state index in [2.05, 4.69) is 42.4 Å². The first kappa shape index (κ1) is 18.3. The first-order valence-electron chi connectivity index (χ1n) is 9.94. The molecule has 6 nitrogen and oxygen atoms in total. The van der Waals surface area contributed by atoms with Gasteiger partial charge in [0.2, 0.25) is 0 Å². The Balaban J connectivity index is 1.25. The predicted octanol–water partition coefficient (Wildman–Crippen LogP) is 3.86. The van der Waals surface area contributed by atoms with Crippen LogP contribution in [0.2, 0.25) is 0 Å². The lowest BCUT2D eigenvalue weighted by atomic mass is 9.98. The van der Waals surface area contributed by atoms with Crippen LogP contribution in [0.4, 0.5) is 0 Å². The van der Waals surface area contributed by atoms with E-state index in [-0.39, 0.29) is 0 Å². The predicted molar refractivity (Wildman–Crippen MR) is 114 cm³/mol. The highest BCUT2D eigenvalue weighted by Gasteiger charge is 2.24. The molecule has 1 aliphatic heterocycles. The van der Waals surface area contributed by atoms with E-state index in [4.69, 9.17) is 0 Å². The summed E-state index contributed by atoms with van der Waals surface area (Å²) in [5, 5.41) is 8.03. The molecule has 4 heterocycles. The molecule has 0 aliphatic carbocycles. The molecule has 5 rings (SSSR count). The van der Waals surface area contributed by atoms with Gasteiger partial charge in [-0.05, 0) is 43.0 Å². The van der Waals surface area contributed by atoms with Crippen molar-refractivity contribution in [1.82, 2.24) is 24.1 Å². The van der Waals surface area contributed by atoms with Crippen molar-refractivity contribution in [3.63, 3.8) is 0 Å². The SMILES string of the molecule is O=S(c1ccccc1)N1CCC(Cn2ccc3cc(-c4cn[nH]c4)ncc32)CC1. The van der Waals surface area contributed by atoms with Gasteiger partial charge >= 0.3 is 0 Å². The highest BCUT2D eigenvalue weighted by Crippen LogP contribution is 2.26. The van der Waals surface area contributed by atoms with Crippen LogP contribution in [0.25, 0.3) is 22.2 Å². The minimum absolute atomic E-state index is 0.586. The van der Waals surface area contributed by atoms with Crippen LogP contribution in [0.3, 0.4) is 0 Å². The molecule has 148 valence electrons. The summed E-state index contributed by atoms with van der Waals surface area (Å²) in [5.74, 6) is 0.586. The van der Waals surface area contributed by atoms with Gasteiger partial charge < -0.3 is 4.57 Å². The Hall–Kier alpha value is -2.77. The van der Waals surface area contributed by atoms with E-state index in [1.165, 1.54) is 5.39 Å². The minimum Gasteiger partial charge on any atom is -0.346 e. The lowest BCUT2D eigenvalue weighted by Gasteiger charge is -2.31. The number of hydrogen-bond donors (Lipinski definition) is 1. The Kier molecular flexibility index (Phi) is 4.99. The summed E-state index contributed by atoms with van der Waals surface area (Å²) in [6, 6.07) is 14.0. The number of aromatic amines is 1. The molecule has 1 atom stereocenters. The van der Waals surface area contributed by atoms with Crippen LogP contribution < -0.4 is 0 Å². The Morgan fingerprint density at radius 2 is 1.93 bits per heavy atom. The van der Waals surface area contributed by atoms with Gasteiger partial charge in [0, 0.05) is 43.0 Å². The maximum absolute atomic E-state index is 12.7. The van der Waals surface area contributed by atoms with Crippen LogP contribution in [-0.4, -0.2) is 41.4 Å². The number of nitrogens with one attached hydrogen (secondary N) is 1. The van der Waals surface area contributed by atoms with Gasteiger partial charge in [-0.1, -0.05) is 18.2 Å². The molecule has 1 fully saturated rings. The second kappa shape index (κ2) is 7.93. The molecule has 3 aromatic heterocycles. The number of aromatic nitrogens is 4. The zero-order valence-corrected chi connectivity index (χ0v) is 16.9. The minimum atomic E-state index is -1.05. The molecule has 1 N–H and O–H groups in total. The van der Waals surface area contributed by atoms with Gasteiger partial charge in [-0.3, -0.25) is 10.1 Å². The van der Waals surface area contributed by atoms with Gasteiger partial charge in [-0.15, -0.1) is 0 Å². The van der Waals surface area contributed by atoms with Crippen molar-refractivity contribution in [2.45, 2.75) is 24.3 Å². The van der Waals surface area contributed by atoms with Crippen LogP contribution in [-0.2, 0) is 17.5 Å². The van der Waals surface area contributed by atoms with Gasteiger partial charge in [0.25, 0.3) is 0 Å². The maximum atomic E-state index is 12.7. The molecule has 0 spiro atoms. The topological polar surface area (TPSA) is 66.8 Å². The molecule has 1 unspecified atom stereocenters. The van der Waals surface area contributed by atoms with Crippen molar-refractivity contribution in [2.75, 3.05) is 13.1 Å². The summed E-state index contributed by atoms with van der Waals surface area (Å²) in [6.45, 7) is 2.71. The van der Waals surface area contributed by atoms with Crippen molar-refractivity contribution in [2.24, 2.45) is 5.92 Å². The van der Waals surface area contributed by atoms with E-state index >= 15 is 0 Å². The number of nitrogens with zero attached hydrogens (tertiary/aromatic N) is 4. The zero-order chi connectivity index (χ0) is 19.6. The van der Waals surface area contributed by atoms with Gasteiger partial charge in [-0.2, -0.15) is 5.10 Å². The Bertz CT molecular complexity index is 1110. The Morgan fingerprint density at radius 3 is 2.69 bits per heavy atom. The van der Waals surface area contributed by atoms with Crippen molar-refractivity contribution >= 4 is 21.9 Å². The second-order valence-electron chi connectivity index (χ2n) is 7.52. The smallest absolute Gasteiger partial charge is 0.127 e. The first-order valence-corrected chi connectivity index (χ1v) is 11.0. The van der Waals surface area contributed by atoms with E-state index in [0.29, 0.717) is 5.92 Å². The number of benzene rings is 1. The summed E-state index contributed by atoms with van der Waals surface area (Å²) in [5.41, 5.74) is 3.09. The Labute approximate surface area is 172 Å². The molecule has 0 saturated carbocycles. The van der Waals surface area contributed by atoms with Crippen molar-refractivity contribution in [3.05, 3.63) is 67.3 Å². The number of rotatable bonds is 5. The number of H-pyrrole nitrogens is 1. The molecule has 1 aromatic carbocycles. The fourth-order valence-corrected chi connectivity index (χ4v) is 5.25. The summed E-state index contributed by atoms with van der Waals surface area (Å²) >= 11 is 0. The van der Waals surface area contributed by atoms with Crippen LogP contribution in [0.5, 0.6) is 0 Å². The van der Waals surface area contributed by atoms with E-state index in [1.54, 1.807) is 6.20 Å².